The zero-order chi connectivity index (χ0) is 19.8. The van der Waals surface area contributed by atoms with Gasteiger partial charge in [0.05, 0.1) is 21.7 Å². The lowest BCUT2D eigenvalue weighted by Crippen LogP contribution is -2.15. The van der Waals surface area contributed by atoms with Gasteiger partial charge in [0.2, 0.25) is 0 Å². The normalized spacial score (nSPS) is 15.9. The Morgan fingerprint density at radius 3 is 2.28 bits per heavy atom. The molecule has 0 saturated carbocycles. The average molecular weight is 394 g/mol. The number of para-hydroxylation sites is 1. The van der Waals surface area contributed by atoms with Gasteiger partial charge >= 0.3 is 0 Å². The molecule has 140 valence electrons. The number of benzene rings is 3. The van der Waals surface area contributed by atoms with E-state index in [0.29, 0.717) is 10.6 Å². The number of fused-ring (bicyclic) bond motifs is 3. The number of aromatic nitrogens is 1. The molecule has 1 aromatic heterocycles. The van der Waals surface area contributed by atoms with Crippen molar-refractivity contribution in [2.45, 2.75) is 17.5 Å². The highest BCUT2D eigenvalue weighted by molar-refractivity contribution is 8.03. The number of nitrogens with two attached hydrogens (primary N) is 1. The van der Waals surface area contributed by atoms with E-state index < -0.39 is 0 Å². The Labute approximate surface area is 174 Å². The van der Waals surface area contributed by atoms with Gasteiger partial charge in [-0.3, -0.25) is 0 Å². The Bertz CT molecular complexity index is 1260. The molecule has 1 aliphatic heterocycles. The van der Waals surface area contributed by atoms with Gasteiger partial charge in [-0.25, -0.2) is 0 Å². The van der Waals surface area contributed by atoms with Gasteiger partial charge in [0, 0.05) is 28.9 Å². The maximum atomic E-state index is 9.92. The third-order valence-electron chi connectivity index (χ3n) is 5.45. The fraction of sp³-hybridized carbons (Fsp3) is 0.0800. The zero-order valence-corrected chi connectivity index (χ0v) is 16.6. The molecule has 0 bridgehead atoms. The van der Waals surface area contributed by atoms with Crippen LogP contribution in [0.2, 0.25) is 0 Å². The summed E-state index contributed by atoms with van der Waals surface area (Å²) in [4.78, 5) is 0. The van der Waals surface area contributed by atoms with E-state index in [0.717, 1.165) is 17.1 Å². The van der Waals surface area contributed by atoms with Gasteiger partial charge in [-0.05, 0) is 17.2 Å². The van der Waals surface area contributed by atoms with E-state index in [1.54, 1.807) is 0 Å². The predicted molar refractivity (Wildman–Crippen MR) is 118 cm³/mol. The Morgan fingerprint density at radius 2 is 1.55 bits per heavy atom. The molecular formula is C25H19N3S. The van der Waals surface area contributed by atoms with Gasteiger partial charge in [-0.1, -0.05) is 90.6 Å². The first-order valence-electron chi connectivity index (χ1n) is 9.55. The molecule has 2 heterocycles. The monoisotopic (exact) mass is 393 g/mol. The molecule has 5 rings (SSSR count). The minimum absolute atomic E-state index is 0.153. The minimum atomic E-state index is -0.153. The van der Waals surface area contributed by atoms with Crippen molar-refractivity contribution in [1.29, 1.82) is 5.26 Å². The van der Waals surface area contributed by atoms with Gasteiger partial charge in [0.25, 0.3) is 0 Å². The van der Waals surface area contributed by atoms with Crippen LogP contribution in [0.3, 0.4) is 0 Å². The number of thioether (sulfide) groups is 1. The second kappa shape index (κ2) is 7.20. The van der Waals surface area contributed by atoms with Crippen molar-refractivity contribution in [2.75, 3.05) is 0 Å². The first kappa shape index (κ1) is 17.7. The molecule has 0 saturated heterocycles. The maximum absolute atomic E-state index is 9.92. The Hall–Kier alpha value is -3.42. The quantitative estimate of drug-likeness (QED) is 0.491. The van der Waals surface area contributed by atoms with E-state index in [2.05, 4.69) is 71.3 Å². The first-order valence-corrected chi connectivity index (χ1v) is 10.4. The van der Waals surface area contributed by atoms with Gasteiger partial charge in [-0.2, -0.15) is 5.26 Å². The van der Waals surface area contributed by atoms with E-state index >= 15 is 0 Å². The van der Waals surface area contributed by atoms with E-state index in [4.69, 9.17) is 5.73 Å². The molecule has 29 heavy (non-hydrogen) atoms. The van der Waals surface area contributed by atoms with Crippen molar-refractivity contribution in [3.63, 3.8) is 0 Å². The average Bonchev–Trinajstić information content (AvgIpc) is 3.07. The van der Waals surface area contributed by atoms with Gasteiger partial charge < -0.3 is 10.3 Å². The predicted octanol–water partition coefficient (Wildman–Crippen LogP) is 5.62. The van der Waals surface area contributed by atoms with Gasteiger partial charge in [-0.15, -0.1) is 0 Å². The summed E-state index contributed by atoms with van der Waals surface area (Å²) in [5, 5.41) is 12.8. The number of rotatable bonds is 3. The number of hydrogen-bond acceptors (Lipinski definition) is 3. The molecule has 1 aliphatic rings. The molecule has 1 atom stereocenters. The molecule has 3 aromatic carbocycles. The fourth-order valence-electron chi connectivity index (χ4n) is 4.16. The highest BCUT2D eigenvalue weighted by atomic mass is 32.2. The second-order valence-electron chi connectivity index (χ2n) is 7.14. The molecule has 4 heteroatoms. The highest BCUT2D eigenvalue weighted by Gasteiger charge is 2.34. The standard InChI is InChI=1S/C25H19N3S/c26-15-20-22(18-11-5-2-6-12-18)23-19-13-7-8-14-21(19)28(25(23)29-24(20)27)16-17-9-3-1-4-10-17/h1-14,22H,16,27H2. The summed E-state index contributed by atoms with van der Waals surface area (Å²) in [6, 6.07) is 31.5. The summed E-state index contributed by atoms with van der Waals surface area (Å²) in [6.07, 6.45) is 0. The largest absolute Gasteiger partial charge is 0.392 e. The SMILES string of the molecule is N#CC1=C(N)Sc2c(c3ccccc3n2Cc2ccccc2)C1c1ccccc1. The third kappa shape index (κ3) is 2.91. The van der Waals surface area contributed by atoms with Crippen LogP contribution < -0.4 is 5.73 Å². The van der Waals surface area contributed by atoms with Crippen LogP contribution in [0.25, 0.3) is 10.9 Å². The third-order valence-corrected chi connectivity index (χ3v) is 6.52. The molecule has 2 N–H and O–H groups in total. The van der Waals surface area contributed by atoms with E-state index in [1.165, 1.54) is 33.8 Å². The summed E-state index contributed by atoms with van der Waals surface area (Å²) < 4.78 is 2.33. The molecule has 0 radical (unpaired) electrons. The smallest absolute Gasteiger partial charge is 0.0984 e. The van der Waals surface area contributed by atoms with Crippen molar-refractivity contribution in [2.24, 2.45) is 5.73 Å². The number of nitrogens with zero attached hydrogens (tertiary/aromatic N) is 2. The van der Waals surface area contributed by atoms with Crippen LogP contribution in [0, 0.1) is 11.3 Å². The Balaban J connectivity index is 1.79. The topological polar surface area (TPSA) is 54.7 Å². The maximum Gasteiger partial charge on any atom is 0.0984 e. The highest BCUT2D eigenvalue weighted by Crippen LogP contribution is 2.50. The summed E-state index contributed by atoms with van der Waals surface area (Å²) in [7, 11) is 0. The molecule has 3 nitrogen and oxygen atoms in total. The van der Waals surface area contributed by atoms with Crippen LogP contribution in [0.15, 0.2) is 101 Å². The molecule has 0 amide bonds. The zero-order valence-electron chi connectivity index (χ0n) is 15.7. The molecule has 1 unspecified atom stereocenters. The van der Waals surface area contributed by atoms with Gasteiger partial charge in [0.15, 0.2) is 0 Å². The first-order chi connectivity index (χ1) is 14.3. The number of nitriles is 1. The van der Waals surface area contributed by atoms with Crippen LogP contribution in [0.4, 0.5) is 0 Å². The molecule has 0 spiro atoms. The molecule has 4 aromatic rings. The molecule has 0 fully saturated rings. The summed E-state index contributed by atoms with van der Waals surface area (Å²) in [5.74, 6) is -0.153. The Morgan fingerprint density at radius 1 is 0.897 bits per heavy atom. The minimum Gasteiger partial charge on any atom is -0.392 e. The van der Waals surface area contributed by atoms with E-state index in [1.807, 2.05) is 24.3 Å². The fourth-order valence-corrected chi connectivity index (χ4v) is 5.26. The lowest BCUT2D eigenvalue weighted by Gasteiger charge is -2.25. The van der Waals surface area contributed by atoms with Crippen molar-refractivity contribution < 1.29 is 0 Å². The van der Waals surface area contributed by atoms with E-state index in [-0.39, 0.29) is 5.92 Å². The molecule has 0 aliphatic carbocycles. The van der Waals surface area contributed by atoms with Crippen LogP contribution in [-0.2, 0) is 6.54 Å². The van der Waals surface area contributed by atoms with Crippen molar-refractivity contribution in [3.05, 3.63) is 112 Å². The second-order valence-corrected chi connectivity index (χ2v) is 8.17. The van der Waals surface area contributed by atoms with Crippen LogP contribution >= 0.6 is 11.8 Å². The van der Waals surface area contributed by atoms with Crippen LogP contribution in [0.5, 0.6) is 0 Å². The molecular weight excluding hydrogens is 374 g/mol. The van der Waals surface area contributed by atoms with Crippen LogP contribution in [0.1, 0.15) is 22.6 Å². The lowest BCUT2D eigenvalue weighted by atomic mass is 9.85. The van der Waals surface area contributed by atoms with Crippen molar-refractivity contribution >= 4 is 22.7 Å². The van der Waals surface area contributed by atoms with E-state index in [9.17, 15) is 5.26 Å². The van der Waals surface area contributed by atoms with Crippen molar-refractivity contribution in [3.8, 4) is 6.07 Å². The van der Waals surface area contributed by atoms with Gasteiger partial charge in [0.1, 0.15) is 0 Å². The number of allylic oxidation sites excluding steroid dienone is 1. The summed E-state index contributed by atoms with van der Waals surface area (Å²) >= 11 is 1.51. The van der Waals surface area contributed by atoms with Crippen molar-refractivity contribution in [1.82, 2.24) is 4.57 Å². The number of hydrogen-bond donors (Lipinski definition) is 1. The summed E-state index contributed by atoms with van der Waals surface area (Å²) in [6.45, 7) is 0.764. The Kier molecular flexibility index (Phi) is 4.38. The lowest BCUT2D eigenvalue weighted by molar-refractivity contribution is 0.738. The van der Waals surface area contributed by atoms with Crippen LogP contribution in [-0.4, -0.2) is 4.57 Å². The summed E-state index contributed by atoms with van der Waals surface area (Å²) in [5.41, 5.74) is 11.7.